The number of benzene rings is 2. The highest BCUT2D eigenvalue weighted by atomic mass is 31.2. The molecule has 0 aliphatic carbocycles. The minimum absolute atomic E-state index is 0.730. The fourth-order valence-corrected chi connectivity index (χ4v) is 1.15. The standard InChI is InChI=1S/C12H11N3.2H3O4P/c13-10-6-8-12(9-7-10)15-14-11-4-2-1-3-5-11;2*1-5(2,3)4/h1-9H,13H2;2*(H3,1,2,3,4). The molecule has 0 saturated heterocycles. The maximum atomic E-state index is 8.88. The number of hydrogen-bond donors (Lipinski definition) is 7. The van der Waals surface area contributed by atoms with Gasteiger partial charge in [0.15, 0.2) is 0 Å². The Balaban J connectivity index is 0.000000480. The van der Waals surface area contributed by atoms with Gasteiger partial charge < -0.3 is 35.1 Å². The number of anilines is 1. The summed E-state index contributed by atoms with van der Waals surface area (Å²) in [5, 5.41) is 8.18. The molecule has 0 spiro atoms. The van der Waals surface area contributed by atoms with Gasteiger partial charge in [-0.2, -0.15) is 10.2 Å². The summed E-state index contributed by atoms with van der Waals surface area (Å²) in [6.45, 7) is 0. The van der Waals surface area contributed by atoms with E-state index in [-0.39, 0.29) is 0 Å². The van der Waals surface area contributed by atoms with Gasteiger partial charge in [-0.3, -0.25) is 0 Å². The number of nitrogen functional groups attached to an aromatic ring is 1. The van der Waals surface area contributed by atoms with Crippen molar-refractivity contribution in [1.82, 2.24) is 0 Å². The predicted molar refractivity (Wildman–Crippen MR) is 90.0 cm³/mol. The second-order valence-electron chi connectivity index (χ2n) is 4.15. The van der Waals surface area contributed by atoms with Crippen molar-refractivity contribution in [3.63, 3.8) is 0 Å². The van der Waals surface area contributed by atoms with Crippen molar-refractivity contribution >= 4 is 32.7 Å². The summed E-state index contributed by atoms with van der Waals surface area (Å²) in [6.07, 6.45) is 0. The second-order valence-corrected chi connectivity index (χ2v) is 6.21. The van der Waals surface area contributed by atoms with Crippen LogP contribution in [0.3, 0.4) is 0 Å². The van der Waals surface area contributed by atoms with E-state index in [1.165, 1.54) is 0 Å². The molecule has 0 fully saturated rings. The van der Waals surface area contributed by atoms with E-state index in [2.05, 4.69) is 10.2 Å². The molecule has 0 bridgehead atoms. The van der Waals surface area contributed by atoms with Crippen LogP contribution in [0.4, 0.5) is 17.1 Å². The minimum Gasteiger partial charge on any atom is -0.399 e. The van der Waals surface area contributed by atoms with Crippen LogP contribution < -0.4 is 5.73 Å². The van der Waals surface area contributed by atoms with Crippen LogP contribution in [0, 0.1) is 0 Å². The lowest BCUT2D eigenvalue weighted by molar-refractivity contribution is 0.272. The first-order valence-corrected chi connectivity index (χ1v) is 9.36. The maximum Gasteiger partial charge on any atom is 0.466 e. The molecule has 2 aromatic rings. The van der Waals surface area contributed by atoms with Gasteiger partial charge in [-0.25, -0.2) is 9.13 Å². The zero-order chi connectivity index (χ0) is 19.5. The Morgan fingerprint density at radius 1 is 0.640 bits per heavy atom. The summed E-state index contributed by atoms with van der Waals surface area (Å²) in [5.74, 6) is 0. The Labute approximate surface area is 142 Å². The number of nitrogens with zero attached hydrogens (tertiary/aromatic N) is 2. The molecule has 8 N–H and O–H groups in total. The molecule has 2 rings (SSSR count). The Morgan fingerprint density at radius 3 is 1.32 bits per heavy atom. The van der Waals surface area contributed by atoms with Gasteiger partial charge in [0, 0.05) is 5.69 Å². The smallest absolute Gasteiger partial charge is 0.399 e. The van der Waals surface area contributed by atoms with Gasteiger partial charge in [0.05, 0.1) is 11.4 Å². The third kappa shape index (κ3) is 20.0. The third-order valence-corrected chi connectivity index (χ3v) is 1.93. The lowest BCUT2D eigenvalue weighted by Crippen LogP contribution is -1.80. The van der Waals surface area contributed by atoms with Crippen LogP contribution in [0.2, 0.25) is 0 Å². The van der Waals surface area contributed by atoms with E-state index in [4.69, 9.17) is 44.2 Å². The molecule has 0 atom stereocenters. The van der Waals surface area contributed by atoms with Gasteiger partial charge in [0.1, 0.15) is 0 Å². The van der Waals surface area contributed by atoms with Crippen molar-refractivity contribution in [3.8, 4) is 0 Å². The molecular weight excluding hydrogens is 376 g/mol. The summed E-state index contributed by atoms with van der Waals surface area (Å²) < 4.78 is 17.8. The number of phosphoric acid groups is 2. The maximum absolute atomic E-state index is 8.88. The van der Waals surface area contributed by atoms with Gasteiger partial charge in [-0.15, -0.1) is 0 Å². The van der Waals surface area contributed by atoms with Gasteiger partial charge in [-0.05, 0) is 36.4 Å². The van der Waals surface area contributed by atoms with Crippen molar-refractivity contribution in [2.24, 2.45) is 10.2 Å². The fourth-order valence-electron chi connectivity index (χ4n) is 1.15. The van der Waals surface area contributed by atoms with Crippen molar-refractivity contribution in [2.45, 2.75) is 0 Å². The topological polar surface area (TPSA) is 206 Å². The molecule has 0 aliphatic rings. The average Bonchev–Trinajstić information content (AvgIpc) is 2.44. The highest BCUT2D eigenvalue weighted by Gasteiger charge is 2.00. The van der Waals surface area contributed by atoms with Crippen LogP contribution >= 0.6 is 15.6 Å². The molecule has 13 heteroatoms. The quantitative estimate of drug-likeness (QED) is 0.225. The molecule has 0 heterocycles. The largest absolute Gasteiger partial charge is 0.466 e. The lowest BCUT2D eigenvalue weighted by atomic mass is 10.3. The summed E-state index contributed by atoms with van der Waals surface area (Å²) >= 11 is 0. The number of hydrogen-bond acceptors (Lipinski definition) is 5. The molecule has 138 valence electrons. The van der Waals surface area contributed by atoms with Gasteiger partial charge >= 0.3 is 15.6 Å². The van der Waals surface area contributed by atoms with Crippen LogP contribution in [0.25, 0.3) is 0 Å². The first-order valence-electron chi connectivity index (χ1n) is 6.23. The van der Waals surface area contributed by atoms with E-state index in [1.54, 1.807) is 12.1 Å². The molecule has 11 nitrogen and oxygen atoms in total. The molecular formula is C12H17N3O8P2. The van der Waals surface area contributed by atoms with Crippen molar-refractivity contribution in [3.05, 3.63) is 54.6 Å². The van der Waals surface area contributed by atoms with Crippen LogP contribution in [0.15, 0.2) is 64.8 Å². The highest BCUT2D eigenvalue weighted by Crippen LogP contribution is 2.26. The monoisotopic (exact) mass is 393 g/mol. The van der Waals surface area contributed by atoms with E-state index >= 15 is 0 Å². The molecule has 0 radical (unpaired) electrons. The zero-order valence-corrected chi connectivity index (χ0v) is 14.4. The zero-order valence-electron chi connectivity index (χ0n) is 12.6. The number of nitrogens with two attached hydrogens (primary N) is 1. The highest BCUT2D eigenvalue weighted by molar-refractivity contribution is 7.45. The third-order valence-electron chi connectivity index (χ3n) is 1.93. The van der Waals surface area contributed by atoms with E-state index in [1.807, 2.05) is 42.5 Å². The van der Waals surface area contributed by atoms with Crippen molar-refractivity contribution in [2.75, 3.05) is 5.73 Å². The Bertz CT molecular complexity index is 706. The van der Waals surface area contributed by atoms with Gasteiger partial charge in [-0.1, -0.05) is 18.2 Å². The van der Waals surface area contributed by atoms with Gasteiger partial charge in [0.25, 0.3) is 0 Å². The summed E-state index contributed by atoms with van der Waals surface area (Å²) in [5.41, 5.74) is 7.93. The number of rotatable bonds is 2. The van der Waals surface area contributed by atoms with E-state index < -0.39 is 15.6 Å². The molecule has 0 aliphatic heterocycles. The Morgan fingerprint density at radius 2 is 0.960 bits per heavy atom. The van der Waals surface area contributed by atoms with E-state index in [0.29, 0.717) is 0 Å². The van der Waals surface area contributed by atoms with Crippen LogP contribution in [0.1, 0.15) is 0 Å². The SMILES string of the molecule is Nc1ccc(N=Nc2ccccc2)cc1.O=P(O)(O)O.O=P(O)(O)O. The lowest BCUT2D eigenvalue weighted by Gasteiger charge is -1.93. The van der Waals surface area contributed by atoms with Gasteiger partial charge in [0.2, 0.25) is 0 Å². The second kappa shape index (κ2) is 10.8. The molecule has 2 aromatic carbocycles. The van der Waals surface area contributed by atoms with Crippen molar-refractivity contribution in [1.29, 1.82) is 0 Å². The predicted octanol–water partition coefficient (Wildman–Crippen LogP) is 1.83. The average molecular weight is 393 g/mol. The first-order chi connectivity index (χ1) is 11.3. The molecule has 0 aromatic heterocycles. The molecule has 0 unspecified atom stereocenters. The van der Waals surface area contributed by atoms with Crippen LogP contribution in [-0.2, 0) is 9.13 Å². The number of azo groups is 1. The molecule has 25 heavy (non-hydrogen) atoms. The summed E-state index contributed by atoms with van der Waals surface area (Å²) in [4.78, 5) is 43.1. The van der Waals surface area contributed by atoms with E-state index in [9.17, 15) is 0 Å². The minimum atomic E-state index is -4.64. The Hall–Kier alpha value is -1.94. The normalized spacial score (nSPS) is 11.1. The molecule has 0 amide bonds. The van der Waals surface area contributed by atoms with Crippen LogP contribution in [-0.4, -0.2) is 29.4 Å². The van der Waals surface area contributed by atoms with Crippen LogP contribution in [0.5, 0.6) is 0 Å². The van der Waals surface area contributed by atoms with E-state index in [0.717, 1.165) is 17.1 Å². The van der Waals surface area contributed by atoms with Crippen molar-refractivity contribution < 1.29 is 38.5 Å². The molecule has 0 saturated carbocycles. The summed E-state index contributed by atoms with van der Waals surface area (Å²) in [7, 11) is -9.28. The Kier molecular flexibility index (Phi) is 9.99. The fraction of sp³-hybridized carbons (Fsp3) is 0. The first kappa shape index (κ1) is 23.1. The summed E-state index contributed by atoms with van der Waals surface area (Å²) in [6, 6.07) is 16.9.